The predicted molar refractivity (Wildman–Crippen MR) is 73.6 cm³/mol. The summed E-state index contributed by atoms with van der Waals surface area (Å²) in [5, 5.41) is 3.54. The summed E-state index contributed by atoms with van der Waals surface area (Å²) in [7, 11) is 0. The Morgan fingerprint density at radius 3 is 3.11 bits per heavy atom. The van der Waals surface area contributed by atoms with E-state index in [1.165, 1.54) is 31.4 Å². The molecule has 0 bridgehead atoms. The first-order valence-corrected chi connectivity index (χ1v) is 6.98. The predicted octanol–water partition coefficient (Wildman–Crippen LogP) is 2.92. The molecule has 0 saturated heterocycles. The van der Waals surface area contributed by atoms with Crippen LogP contribution in [0.1, 0.15) is 37.1 Å². The molecule has 2 aromatic rings. The zero-order valence-electron chi connectivity index (χ0n) is 11.0. The molecule has 1 aliphatic rings. The molecular formula is C15H21N3. The van der Waals surface area contributed by atoms with Crippen LogP contribution >= 0.6 is 0 Å². The van der Waals surface area contributed by atoms with Gasteiger partial charge in [0.25, 0.3) is 0 Å². The van der Waals surface area contributed by atoms with Gasteiger partial charge < -0.3 is 9.72 Å². The van der Waals surface area contributed by atoms with Crippen LogP contribution < -0.4 is 5.32 Å². The van der Waals surface area contributed by atoms with E-state index in [4.69, 9.17) is 0 Å². The molecule has 0 unspecified atom stereocenters. The van der Waals surface area contributed by atoms with Gasteiger partial charge in [-0.15, -0.1) is 0 Å². The Morgan fingerprint density at radius 2 is 2.28 bits per heavy atom. The van der Waals surface area contributed by atoms with E-state index in [-0.39, 0.29) is 0 Å². The molecule has 2 heterocycles. The lowest BCUT2D eigenvalue weighted by atomic mass is 10.2. The summed E-state index contributed by atoms with van der Waals surface area (Å²) < 4.78 is 2.18. The fourth-order valence-corrected chi connectivity index (χ4v) is 2.51. The van der Waals surface area contributed by atoms with Crippen molar-refractivity contribution in [2.45, 2.75) is 39.2 Å². The van der Waals surface area contributed by atoms with Crippen LogP contribution in [0.2, 0.25) is 0 Å². The number of pyridine rings is 1. The number of aryl methyl sites for hydroxylation is 1. The minimum atomic E-state index is 0.918. The maximum atomic E-state index is 4.57. The van der Waals surface area contributed by atoms with Gasteiger partial charge in [-0.1, -0.05) is 18.9 Å². The van der Waals surface area contributed by atoms with Gasteiger partial charge in [0.2, 0.25) is 0 Å². The number of hydrogen-bond donors (Lipinski definition) is 1. The van der Waals surface area contributed by atoms with Crippen LogP contribution in [0.25, 0.3) is 5.65 Å². The van der Waals surface area contributed by atoms with Gasteiger partial charge >= 0.3 is 0 Å². The molecule has 0 aromatic carbocycles. The summed E-state index contributed by atoms with van der Waals surface area (Å²) in [5.74, 6) is 1.05. The van der Waals surface area contributed by atoms with Crippen LogP contribution in [0.4, 0.5) is 0 Å². The zero-order valence-corrected chi connectivity index (χ0v) is 11.0. The van der Waals surface area contributed by atoms with Crippen LogP contribution in [0.15, 0.2) is 24.4 Å². The highest BCUT2D eigenvalue weighted by molar-refractivity contribution is 5.42. The smallest absolute Gasteiger partial charge is 0.137 e. The maximum absolute atomic E-state index is 4.57. The fourth-order valence-electron chi connectivity index (χ4n) is 2.51. The first-order chi connectivity index (χ1) is 8.84. The largest absolute Gasteiger partial charge is 0.311 e. The SMILES string of the molecule is Cc1nc2ccccn2c1CNCCCC1CC1. The lowest BCUT2D eigenvalue weighted by molar-refractivity contribution is 0.587. The third-order valence-electron chi connectivity index (χ3n) is 3.78. The molecule has 1 saturated carbocycles. The topological polar surface area (TPSA) is 29.3 Å². The molecule has 3 heteroatoms. The quantitative estimate of drug-likeness (QED) is 0.790. The molecule has 18 heavy (non-hydrogen) atoms. The third kappa shape index (κ3) is 2.56. The van der Waals surface area contributed by atoms with Gasteiger partial charge in [-0.2, -0.15) is 0 Å². The molecule has 0 radical (unpaired) electrons. The first kappa shape index (κ1) is 11.7. The van der Waals surface area contributed by atoms with Crippen molar-refractivity contribution in [1.29, 1.82) is 0 Å². The molecule has 0 amide bonds. The number of imidazole rings is 1. The lowest BCUT2D eigenvalue weighted by Gasteiger charge is -2.05. The van der Waals surface area contributed by atoms with E-state index in [2.05, 4.69) is 40.0 Å². The number of nitrogens with zero attached hydrogens (tertiary/aromatic N) is 2. The third-order valence-corrected chi connectivity index (χ3v) is 3.78. The van der Waals surface area contributed by atoms with E-state index >= 15 is 0 Å². The maximum Gasteiger partial charge on any atom is 0.137 e. The van der Waals surface area contributed by atoms with Crippen molar-refractivity contribution >= 4 is 5.65 Å². The highest BCUT2D eigenvalue weighted by Gasteiger charge is 2.19. The van der Waals surface area contributed by atoms with Crippen molar-refractivity contribution in [3.63, 3.8) is 0 Å². The van der Waals surface area contributed by atoms with Gasteiger partial charge in [0.1, 0.15) is 5.65 Å². The number of aromatic nitrogens is 2. The molecule has 0 aliphatic heterocycles. The van der Waals surface area contributed by atoms with Crippen LogP contribution in [0.5, 0.6) is 0 Å². The van der Waals surface area contributed by atoms with E-state index in [0.717, 1.165) is 30.3 Å². The molecular weight excluding hydrogens is 222 g/mol. The number of nitrogens with one attached hydrogen (secondary N) is 1. The fraction of sp³-hybridized carbons (Fsp3) is 0.533. The summed E-state index contributed by atoms with van der Waals surface area (Å²) in [5.41, 5.74) is 3.47. The van der Waals surface area contributed by atoms with Crippen LogP contribution in [-0.4, -0.2) is 15.9 Å². The minimum absolute atomic E-state index is 0.918. The van der Waals surface area contributed by atoms with Gasteiger partial charge in [0, 0.05) is 12.7 Å². The number of fused-ring (bicyclic) bond motifs is 1. The molecule has 1 fully saturated rings. The average molecular weight is 243 g/mol. The second-order valence-corrected chi connectivity index (χ2v) is 5.34. The summed E-state index contributed by atoms with van der Waals surface area (Å²) in [6.07, 6.45) is 7.73. The van der Waals surface area contributed by atoms with Gasteiger partial charge in [-0.25, -0.2) is 4.98 Å². The van der Waals surface area contributed by atoms with Gasteiger partial charge in [-0.3, -0.25) is 0 Å². The molecule has 0 atom stereocenters. The van der Waals surface area contributed by atoms with Gasteiger partial charge in [0.05, 0.1) is 11.4 Å². The Balaban J connectivity index is 1.57. The second kappa shape index (κ2) is 5.11. The Kier molecular flexibility index (Phi) is 3.33. The average Bonchev–Trinajstić information content (AvgIpc) is 3.13. The Hall–Kier alpha value is -1.35. The van der Waals surface area contributed by atoms with Crippen LogP contribution in [-0.2, 0) is 6.54 Å². The number of rotatable bonds is 6. The van der Waals surface area contributed by atoms with Crippen molar-refractivity contribution in [3.05, 3.63) is 35.8 Å². The molecule has 0 spiro atoms. The molecule has 3 rings (SSSR count). The molecule has 1 aliphatic carbocycles. The van der Waals surface area contributed by atoms with E-state index < -0.39 is 0 Å². The first-order valence-electron chi connectivity index (χ1n) is 6.98. The Labute approximate surface area is 108 Å². The summed E-state index contributed by atoms with van der Waals surface area (Å²) >= 11 is 0. The standard InChI is InChI=1S/C15H21N3/c1-12-14(11-16-9-4-5-13-7-8-13)18-10-3-2-6-15(18)17-12/h2-3,6,10,13,16H,4-5,7-9,11H2,1H3. The van der Waals surface area contributed by atoms with E-state index in [9.17, 15) is 0 Å². The highest BCUT2D eigenvalue weighted by atomic mass is 15.0. The van der Waals surface area contributed by atoms with Crippen molar-refractivity contribution < 1.29 is 0 Å². The summed E-state index contributed by atoms with van der Waals surface area (Å²) in [6.45, 7) is 4.13. The van der Waals surface area contributed by atoms with Crippen LogP contribution in [0, 0.1) is 12.8 Å². The van der Waals surface area contributed by atoms with Gasteiger partial charge in [0.15, 0.2) is 0 Å². The summed E-state index contributed by atoms with van der Waals surface area (Å²) in [4.78, 5) is 4.57. The molecule has 1 N–H and O–H groups in total. The Morgan fingerprint density at radius 1 is 1.39 bits per heavy atom. The summed E-state index contributed by atoms with van der Waals surface area (Å²) in [6, 6.07) is 6.16. The van der Waals surface area contributed by atoms with E-state index in [0.29, 0.717) is 0 Å². The van der Waals surface area contributed by atoms with Crippen molar-refractivity contribution in [3.8, 4) is 0 Å². The van der Waals surface area contributed by atoms with Gasteiger partial charge in [-0.05, 0) is 44.4 Å². The van der Waals surface area contributed by atoms with Crippen molar-refractivity contribution in [2.24, 2.45) is 5.92 Å². The molecule has 2 aromatic heterocycles. The Bertz CT molecular complexity index is 526. The number of hydrogen-bond acceptors (Lipinski definition) is 2. The monoisotopic (exact) mass is 243 g/mol. The zero-order chi connectivity index (χ0) is 12.4. The van der Waals surface area contributed by atoms with Crippen LogP contribution in [0.3, 0.4) is 0 Å². The minimum Gasteiger partial charge on any atom is -0.311 e. The van der Waals surface area contributed by atoms with E-state index in [1.54, 1.807) is 0 Å². The van der Waals surface area contributed by atoms with Crippen molar-refractivity contribution in [1.82, 2.24) is 14.7 Å². The second-order valence-electron chi connectivity index (χ2n) is 5.34. The molecule has 3 nitrogen and oxygen atoms in total. The highest BCUT2D eigenvalue weighted by Crippen LogP contribution is 2.33. The molecule has 96 valence electrons. The lowest BCUT2D eigenvalue weighted by Crippen LogP contribution is -2.16. The normalized spacial score (nSPS) is 15.4. The van der Waals surface area contributed by atoms with E-state index in [1.807, 2.05) is 6.07 Å². The van der Waals surface area contributed by atoms with Crippen molar-refractivity contribution in [2.75, 3.05) is 6.54 Å².